The zero-order chi connectivity index (χ0) is 13.4. The minimum absolute atomic E-state index is 0.238. The molecule has 0 saturated heterocycles. The summed E-state index contributed by atoms with van der Waals surface area (Å²) in [6.45, 7) is 9.44. The Bertz CT molecular complexity index is 364. The summed E-state index contributed by atoms with van der Waals surface area (Å²) in [7, 11) is 0. The summed E-state index contributed by atoms with van der Waals surface area (Å²) in [6.07, 6.45) is 1.34. The summed E-state index contributed by atoms with van der Waals surface area (Å²) in [4.78, 5) is 17.8. The second kappa shape index (κ2) is 8.16. The van der Waals surface area contributed by atoms with Crippen LogP contribution in [0.5, 0.6) is 0 Å². The minimum Gasteiger partial charge on any atom is -0.461 e. The molecule has 0 aliphatic rings. The number of carbonyl (C=O) groups excluding carboxylic acids is 1. The molecule has 0 aromatic carbocycles. The van der Waals surface area contributed by atoms with Gasteiger partial charge in [-0.1, -0.05) is 25.6 Å². The van der Waals surface area contributed by atoms with E-state index in [1.54, 1.807) is 6.92 Å². The lowest BCUT2D eigenvalue weighted by Gasteiger charge is -2.16. The van der Waals surface area contributed by atoms with Crippen LogP contribution < -0.4 is 0 Å². The molecule has 18 heavy (non-hydrogen) atoms. The van der Waals surface area contributed by atoms with Crippen LogP contribution in [0, 0.1) is 0 Å². The van der Waals surface area contributed by atoms with Crippen molar-refractivity contribution in [3.8, 4) is 0 Å². The molecule has 0 N–H and O–H groups in total. The molecular formula is C12H20N2O3S. The van der Waals surface area contributed by atoms with Gasteiger partial charge in [0, 0.05) is 12.3 Å². The van der Waals surface area contributed by atoms with Gasteiger partial charge in [-0.3, -0.25) is 0 Å². The number of hydrogen-bond donors (Lipinski definition) is 0. The van der Waals surface area contributed by atoms with Crippen LogP contribution in [0.25, 0.3) is 0 Å². The average Bonchev–Trinajstić information content (AvgIpc) is 2.84. The van der Waals surface area contributed by atoms with Crippen LogP contribution in [0.4, 0.5) is 0 Å². The topological polar surface area (TPSA) is 55.6 Å². The van der Waals surface area contributed by atoms with Gasteiger partial charge in [0.25, 0.3) is 5.22 Å². The first-order chi connectivity index (χ1) is 8.71. The summed E-state index contributed by atoms with van der Waals surface area (Å²) in [5.41, 5.74) is 0.238. The molecule has 0 atom stereocenters. The molecule has 0 radical (unpaired) electrons. The molecule has 0 spiro atoms. The Hall–Kier alpha value is -1.01. The Morgan fingerprint density at radius 3 is 2.78 bits per heavy atom. The van der Waals surface area contributed by atoms with Crippen LogP contribution >= 0.6 is 11.8 Å². The van der Waals surface area contributed by atoms with Crippen molar-refractivity contribution >= 4 is 17.7 Å². The quantitative estimate of drug-likeness (QED) is 0.534. The van der Waals surface area contributed by atoms with E-state index in [-0.39, 0.29) is 5.69 Å². The molecule has 1 aromatic rings. The summed E-state index contributed by atoms with van der Waals surface area (Å²) < 4.78 is 10.1. The van der Waals surface area contributed by atoms with Gasteiger partial charge >= 0.3 is 5.97 Å². The molecular weight excluding hydrogens is 252 g/mol. The molecule has 102 valence electrons. The highest BCUT2D eigenvalue weighted by Crippen LogP contribution is 2.17. The molecule has 0 aliphatic heterocycles. The predicted octanol–water partition coefficient (Wildman–Crippen LogP) is 2.29. The van der Waals surface area contributed by atoms with E-state index in [2.05, 4.69) is 23.7 Å². The third-order valence-electron chi connectivity index (χ3n) is 2.50. The Morgan fingerprint density at radius 1 is 1.44 bits per heavy atom. The third-order valence-corrected chi connectivity index (χ3v) is 3.32. The summed E-state index contributed by atoms with van der Waals surface area (Å²) >= 11 is 1.51. The minimum atomic E-state index is -0.433. The maximum absolute atomic E-state index is 11.4. The molecule has 1 aromatic heterocycles. The van der Waals surface area contributed by atoms with Crippen molar-refractivity contribution in [1.29, 1.82) is 0 Å². The van der Waals surface area contributed by atoms with E-state index < -0.39 is 5.97 Å². The first kappa shape index (κ1) is 15.0. The van der Waals surface area contributed by atoms with Gasteiger partial charge in [0.15, 0.2) is 5.69 Å². The number of rotatable bonds is 8. The number of nitrogens with zero attached hydrogens (tertiary/aromatic N) is 2. The molecule has 0 saturated carbocycles. The third kappa shape index (κ3) is 4.70. The maximum atomic E-state index is 11.4. The Balaban J connectivity index is 2.37. The number of ether oxygens (including phenoxy) is 1. The lowest BCUT2D eigenvalue weighted by molar-refractivity contribution is 0.0519. The molecule has 0 amide bonds. The fourth-order valence-electron chi connectivity index (χ4n) is 1.42. The predicted molar refractivity (Wildman–Crippen MR) is 71.0 cm³/mol. The monoisotopic (exact) mass is 272 g/mol. The van der Waals surface area contributed by atoms with Crippen LogP contribution in [-0.2, 0) is 4.74 Å². The zero-order valence-electron chi connectivity index (χ0n) is 11.1. The van der Waals surface area contributed by atoms with E-state index >= 15 is 0 Å². The number of hydrogen-bond acceptors (Lipinski definition) is 6. The van der Waals surface area contributed by atoms with Crippen LogP contribution in [0.1, 0.15) is 31.3 Å². The molecule has 1 heterocycles. The van der Waals surface area contributed by atoms with Gasteiger partial charge in [0.05, 0.1) is 6.61 Å². The number of aromatic nitrogens is 1. The Labute approximate surface area is 112 Å². The smallest absolute Gasteiger partial charge is 0.360 e. The summed E-state index contributed by atoms with van der Waals surface area (Å²) in [6, 6.07) is 0. The second-order valence-corrected chi connectivity index (χ2v) is 4.64. The van der Waals surface area contributed by atoms with Crippen LogP contribution in [0.15, 0.2) is 15.9 Å². The van der Waals surface area contributed by atoms with Crippen LogP contribution in [0.3, 0.4) is 0 Å². The van der Waals surface area contributed by atoms with Gasteiger partial charge in [-0.2, -0.15) is 4.98 Å². The molecule has 0 bridgehead atoms. The maximum Gasteiger partial charge on any atom is 0.360 e. The second-order valence-electron chi connectivity index (χ2n) is 3.59. The van der Waals surface area contributed by atoms with E-state index in [4.69, 9.17) is 9.15 Å². The lowest BCUT2D eigenvalue weighted by Crippen LogP contribution is -2.25. The van der Waals surface area contributed by atoms with Gasteiger partial charge in [-0.25, -0.2) is 4.79 Å². The molecule has 5 nitrogen and oxygen atoms in total. The van der Waals surface area contributed by atoms with Gasteiger partial charge < -0.3 is 14.1 Å². The van der Waals surface area contributed by atoms with Crippen molar-refractivity contribution in [3.63, 3.8) is 0 Å². The first-order valence-electron chi connectivity index (χ1n) is 6.19. The van der Waals surface area contributed by atoms with E-state index in [0.29, 0.717) is 11.8 Å². The first-order valence-corrected chi connectivity index (χ1v) is 7.17. The molecule has 0 aliphatic carbocycles. The number of thioether (sulfide) groups is 1. The molecule has 6 heteroatoms. The standard InChI is InChI=1S/C12H20N2O3S/c1-4-14(5-2)7-8-18-12-13-10(9-17-12)11(15)16-6-3/h9H,4-8H2,1-3H3. The molecule has 1 rings (SSSR count). The fourth-order valence-corrected chi connectivity index (χ4v) is 2.23. The number of carbonyl (C=O) groups is 1. The molecule has 0 fully saturated rings. The number of oxazole rings is 1. The van der Waals surface area contributed by atoms with Crippen LogP contribution in [-0.4, -0.2) is 47.8 Å². The largest absolute Gasteiger partial charge is 0.461 e. The van der Waals surface area contributed by atoms with Crippen molar-refractivity contribution < 1.29 is 13.9 Å². The van der Waals surface area contributed by atoms with Gasteiger partial charge in [-0.15, -0.1) is 0 Å². The molecule has 0 unspecified atom stereocenters. The van der Waals surface area contributed by atoms with E-state index in [1.165, 1.54) is 18.0 Å². The van der Waals surface area contributed by atoms with E-state index in [1.807, 2.05) is 0 Å². The van der Waals surface area contributed by atoms with Gasteiger partial charge in [0.1, 0.15) is 6.26 Å². The highest BCUT2D eigenvalue weighted by molar-refractivity contribution is 7.99. The average molecular weight is 272 g/mol. The van der Waals surface area contributed by atoms with Crippen molar-refractivity contribution in [2.24, 2.45) is 0 Å². The highest BCUT2D eigenvalue weighted by atomic mass is 32.2. The summed E-state index contributed by atoms with van der Waals surface area (Å²) in [5.74, 6) is 0.460. The van der Waals surface area contributed by atoms with Crippen molar-refractivity contribution in [2.75, 3.05) is 32.0 Å². The van der Waals surface area contributed by atoms with Crippen molar-refractivity contribution in [3.05, 3.63) is 12.0 Å². The fraction of sp³-hybridized carbons (Fsp3) is 0.667. The highest BCUT2D eigenvalue weighted by Gasteiger charge is 2.13. The van der Waals surface area contributed by atoms with Crippen molar-refractivity contribution in [2.45, 2.75) is 26.0 Å². The number of esters is 1. The zero-order valence-corrected chi connectivity index (χ0v) is 12.0. The normalized spacial score (nSPS) is 10.9. The van der Waals surface area contributed by atoms with Crippen LogP contribution in [0.2, 0.25) is 0 Å². The van der Waals surface area contributed by atoms with E-state index in [9.17, 15) is 4.79 Å². The lowest BCUT2D eigenvalue weighted by atomic mass is 10.5. The Morgan fingerprint density at radius 2 is 2.17 bits per heavy atom. The van der Waals surface area contributed by atoms with Gasteiger partial charge in [-0.05, 0) is 20.0 Å². The Kier molecular flexibility index (Phi) is 6.82. The van der Waals surface area contributed by atoms with E-state index in [0.717, 1.165) is 25.4 Å². The summed E-state index contributed by atoms with van der Waals surface area (Å²) in [5, 5.41) is 0.519. The van der Waals surface area contributed by atoms with Crippen molar-refractivity contribution in [1.82, 2.24) is 9.88 Å². The van der Waals surface area contributed by atoms with Gasteiger partial charge in [0.2, 0.25) is 0 Å². The SMILES string of the molecule is CCOC(=O)c1coc(SCCN(CC)CC)n1.